The number of carbonyl (C=O) groups excluding carboxylic acids is 2. The lowest BCUT2D eigenvalue weighted by Crippen LogP contribution is -2.45. The molecule has 1 aliphatic rings. The lowest BCUT2D eigenvalue weighted by atomic mass is 9.95. The van der Waals surface area contributed by atoms with Gasteiger partial charge in [0.15, 0.2) is 29.2 Å². The number of halogens is 2. The van der Waals surface area contributed by atoms with Gasteiger partial charge in [0.1, 0.15) is 19.0 Å². The summed E-state index contributed by atoms with van der Waals surface area (Å²) in [5.41, 5.74) is 5.33. The molecule has 12 nitrogen and oxygen atoms in total. The lowest BCUT2D eigenvalue weighted by Gasteiger charge is -2.28. The fourth-order valence-electron chi connectivity index (χ4n) is 4.51. The number of ether oxygens (including phenoxy) is 5. The van der Waals surface area contributed by atoms with Crippen LogP contribution in [0.4, 0.5) is 9.18 Å². The molecule has 4 rings (SSSR count). The van der Waals surface area contributed by atoms with Gasteiger partial charge < -0.3 is 39.4 Å². The van der Waals surface area contributed by atoms with Crippen molar-refractivity contribution < 1.29 is 42.8 Å². The molecule has 1 heterocycles. The summed E-state index contributed by atoms with van der Waals surface area (Å²) in [5.74, 6) is 0.823. The van der Waals surface area contributed by atoms with E-state index < -0.39 is 24.3 Å². The fourth-order valence-corrected chi connectivity index (χ4v) is 5.29. The van der Waals surface area contributed by atoms with E-state index in [1.807, 2.05) is 6.07 Å². The molecular formula is C32H34FIN4O8. The molecule has 46 heavy (non-hydrogen) atoms. The molecule has 14 heteroatoms. The van der Waals surface area contributed by atoms with Gasteiger partial charge in [0.25, 0.3) is 0 Å². The standard InChI is InChI=1S/C32H34FIN4O8/c1-5-44-25-14-21(29-28(31(40)43-4)18(2)36-32(41)37-29)8-11-24(25)45-17-27(39)38-35-15-20-12-23(34)30(26(13-20)42-3)46-16-19-6-9-22(33)10-7-19/h6-15,27,29,38-39H,5,16-17H2,1-4H3,(H2,36,37,41)/b35-15-/t27-,29+/m0/s1. The molecule has 0 spiro atoms. The number of aliphatic hydroxyl groups is 1. The van der Waals surface area contributed by atoms with Crippen LogP contribution in [0.25, 0.3) is 0 Å². The number of methoxy groups -OCH3 is 2. The normalized spacial score (nSPS) is 15.1. The SMILES string of the molecule is CCOc1cc([C@H]2NC(=O)NC(C)=C2C(=O)OC)ccc1OC[C@H](O)N/N=C\c1cc(I)c(OCc2ccc(F)cc2)c(OC)c1. The van der Waals surface area contributed by atoms with Crippen molar-refractivity contribution >= 4 is 40.8 Å². The Hall–Kier alpha value is -4.57. The second kappa shape index (κ2) is 16.1. The van der Waals surface area contributed by atoms with Crippen molar-refractivity contribution in [2.75, 3.05) is 27.4 Å². The third kappa shape index (κ3) is 8.78. The van der Waals surface area contributed by atoms with Crippen molar-refractivity contribution in [2.45, 2.75) is 32.7 Å². The number of nitrogens with zero attached hydrogens (tertiary/aromatic N) is 1. The Morgan fingerprint density at radius 1 is 1.09 bits per heavy atom. The topological polar surface area (TPSA) is 149 Å². The van der Waals surface area contributed by atoms with Crippen molar-refractivity contribution in [2.24, 2.45) is 5.10 Å². The molecule has 2 atom stereocenters. The monoisotopic (exact) mass is 748 g/mol. The number of esters is 1. The molecule has 4 N–H and O–H groups in total. The van der Waals surface area contributed by atoms with Crippen LogP contribution in [0.5, 0.6) is 23.0 Å². The Kier molecular flexibility index (Phi) is 12.0. The van der Waals surface area contributed by atoms with Crippen LogP contribution >= 0.6 is 22.6 Å². The smallest absolute Gasteiger partial charge is 0.337 e. The Bertz CT molecular complexity index is 1620. The molecular weight excluding hydrogens is 714 g/mol. The number of amides is 2. The van der Waals surface area contributed by atoms with Crippen molar-refractivity contribution in [1.29, 1.82) is 0 Å². The fraction of sp³-hybridized carbons (Fsp3) is 0.281. The molecule has 0 aromatic heterocycles. The van der Waals surface area contributed by atoms with E-state index in [0.717, 1.165) is 9.13 Å². The minimum Gasteiger partial charge on any atom is -0.493 e. The zero-order chi connectivity index (χ0) is 33.2. The first-order chi connectivity index (χ1) is 22.1. The van der Waals surface area contributed by atoms with Crippen LogP contribution in [0.1, 0.15) is 36.6 Å². The van der Waals surface area contributed by atoms with Gasteiger partial charge in [-0.3, -0.25) is 5.43 Å². The van der Waals surface area contributed by atoms with E-state index in [1.165, 1.54) is 32.6 Å². The molecule has 3 aromatic carbocycles. The number of allylic oxidation sites excluding steroid dienone is 1. The predicted molar refractivity (Wildman–Crippen MR) is 175 cm³/mol. The summed E-state index contributed by atoms with van der Waals surface area (Å²) in [6.07, 6.45) is 0.338. The molecule has 3 aromatic rings. The summed E-state index contributed by atoms with van der Waals surface area (Å²) in [6.45, 7) is 3.80. The number of carbonyl (C=O) groups is 2. The largest absolute Gasteiger partial charge is 0.493 e. The van der Waals surface area contributed by atoms with Gasteiger partial charge >= 0.3 is 12.0 Å². The van der Waals surface area contributed by atoms with Crippen LogP contribution < -0.4 is 35.0 Å². The van der Waals surface area contributed by atoms with Crippen molar-refractivity contribution in [3.8, 4) is 23.0 Å². The highest BCUT2D eigenvalue weighted by atomic mass is 127. The summed E-state index contributed by atoms with van der Waals surface area (Å²) in [6, 6.07) is 13.4. The highest BCUT2D eigenvalue weighted by Gasteiger charge is 2.32. The molecule has 0 saturated heterocycles. The Labute approximate surface area is 279 Å². The van der Waals surface area contributed by atoms with E-state index in [2.05, 4.69) is 43.8 Å². The van der Waals surface area contributed by atoms with Gasteiger partial charge in [-0.15, -0.1) is 0 Å². The molecule has 1 aliphatic heterocycles. The van der Waals surface area contributed by atoms with Gasteiger partial charge in [0.05, 0.1) is 42.2 Å². The molecule has 0 fully saturated rings. The molecule has 0 unspecified atom stereocenters. The molecule has 0 saturated carbocycles. The molecule has 0 aliphatic carbocycles. The molecule has 0 radical (unpaired) electrons. The van der Waals surface area contributed by atoms with Crippen LogP contribution in [0, 0.1) is 9.39 Å². The summed E-state index contributed by atoms with van der Waals surface area (Å²) in [7, 11) is 2.79. The van der Waals surface area contributed by atoms with E-state index in [-0.39, 0.29) is 24.6 Å². The maximum absolute atomic E-state index is 13.2. The van der Waals surface area contributed by atoms with Gasteiger partial charge in [-0.1, -0.05) is 18.2 Å². The minimum absolute atomic E-state index is 0.176. The number of hydrazone groups is 1. The summed E-state index contributed by atoms with van der Waals surface area (Å²) >= 11 is 2.12. The zero-order valence-electron chi connectivity index (χ0n) is 25.6. The number of nitrogens with one attached hydrogen (secondary N) is 3. The number of hydrogen-bond donors (Lipinski definition) is 4. The van der Waals surface area contributed by atoms with Crippen molar-refractivity contribution in [3.05, 3.63) is 91.9 Å². The maximum atomic E-state index is 13.2. The van der Waals surface area contributed by atoms with Crippen LogP contribution in [0.2, 0.25) is 0 Å². The Balaban J connectivity index is 1.38. The minimum atomic E-state index is -1.18. The number of aliphatic hydroxyl groups excluding tert-OH is 1. The number of rotatable bonds is 14. The van der Waals surface area contributed by atoms with E-state index in [0.29, 0.717) is 46.4 Å². The van der Waals surface area contributed by atoms with Crippen molar-refractivity contribution in [3.63, 3.8) is 0 Å². The zero-order valence-corrected chi connectivity index (χ0v) is 27.7. The summed E-state index contributed by atoms with van der Waals surface area (Å²) < 4.78 is 41.9. The molecule has 0 bridgehead atoms. The van der Waals surface area contributed by atoms with Gasteiger partial charge in [-0.25, -0.2) is 14.0 Å². The quantitative estimate of drug-likeness (QED) is 0.0614. The van der Waals surface area contributed by atoms with Crippen LogP contribution in [0.15, 0.2) is 71.0 Å². The lowest BCUT2D eigenvalue weighted by molar-refractivity contribution is -0.136. The van der Waals surface area contributed by atoms with Gasteiger partial charge in [-0.05, 0) is 89.5 Å². The highest BCUT2D eigenvalue weighted by Crippen LogP contribution is 2.36. The average Bonchev–Trinajstić information content (AvgIpc) is 3.03. The summed E-state index contributed by atoms with van der Waals surface area (Å²) in [4.78, 5) is 24.6. The van der Waals surface area contributed by atoms with Gasteiger partial charge in [0, 0.05) is 5.70 Å². The second-order valence-corrected chi connectivity index (χ2v) is 11.0. The van der Waals surface area contributed by atoms with Crippen molar-refractivity contribution in [1.82, 2.24) is 16.1 Å². The van der Waals surface area contributed by atoms with E-state index in [4.69, 9.17) is 23.7 Å². The van der Waals surface area contributed by atoms with E-state index in [9.17, 15) is 19.1 Å². The molecule has 2 amide bonds. The first-order valence-electron chi connectivity index (χ1n) is 14.1. The molecule has 244 valence electrons. The van der Waals surface area contributed by atoms with Crippen LogP contribution in [-0.2, 0) is 16.1 Å². The number of benzene rings is 3. The third-order valence-electron chi connectivity index (χ3n) is 6.66. The van der Waals surface area contributed by atoms with E-state index >= 15 is 0 Å². The second-order valence-electron chi connectivity index (χ2n) is 9.86. The van der Waals surface area contributed by atoms with Crippen LogP contribution in [-0.4, -0.2) is 57.0 Å². The van der Waals surface area contributed by atoms with E-state index in [1.54, 1.807) is 50.2 Å². The highest BCUT2D eigenvalue weighted by molar-refractivity contribution is 14.1. The van der Waals surface area contributed by atoms with Gasteiger partial charge in [-0.2, -0.15) is 5.10 Å². The Morgan fingerprint density at radius 3 is 2.54 bits per heavy atom. The maximum Gasteiger partial charge on any atom is 0.337 e. The average molecular weight is 749 g/mol. The first-order valence-corrected chi connectivity index (χ1v) is 15.2. The van der Waals surface area contributed by atoms with Crippen LogP contribution in [0.3, 0.4) is 0 Å². The number of hydrogen-bond acceptors (Lipinski definition) is 10. The van der Waals surface area contributed by atoms with Gasteiger partial charge in [0.2, 0.25) is 0 Å². The predicted octanol–water partition coefficient (Wildman–Crippen LogP) is 4.54. The first kappa shape index (κ1) is 34.3. The Morgan fingerprint density at radius 2 is 1.85 bits per heavy atom. The third-order valence-corrected chi connectivity index (χ3v) is 7.46. The number of urea groups is 1. The summed E-state index contributed by atoms with van der Waals surface area (Å²) in [5, 5.41) is 19.9.